The second-order valence-corrected chi connectivity index (χ2v) is 6.72. The number of aliphatic hydroxyl groups excluding tert-OH is 1. The standard InChI is InChI=1S/C17H34N2O/c1-2-18-17-11-5-3-4-8-15(17)14-19(12-7-13-20)16-9-6-10-16/h15-18,20H,2-14H2,1H3. The highest BCUT2D eigenvalue weighted by Crippen LogP contribution is 2.29. The van der Waals surface area contributed by atoms with Crippen LogP contribution in [-0.2, 0) is 0 Å². The molecule has 2 unspecified atom stereocenters. The molecule has 0 aromatic rings. The highest BCUT2D eigenvalue weighted by atomic mass is 16.3. The van der Waals surface area contributed by atoms with Crippen molar-refractivity contribution >= 4 is 0 Å². The van der Waals surface area contributed by atoms with Crippen molar-refractivity contribution in [2.75, 3.05) is 26.2 Å². The highest BCUT2D eigenvalue weighted by molar-refractivity contribution is 4.86. The van der Waals surface area contributed by atoms with E-state index in [4.69, 9.17) is 5.11 Å². The molecule has 0 aliphatic heterocycles. The summed E-state index contributed by atoms with van der Waals surface area (Å²) in [7, 11) is 0. The predicted octanol–water partition coefficient (Wildman–Crippen LogP) is 2.78. The molecule has 0 spiro atoms. The summed E-state index contributed by atoms with van der Waals surface area (Å²) in [4.78, 5) is 2.69. The first-order valence-electron chi connectivity index (χ1n) is 8.93. The maximum absolute atomic E-state index is 9.14. The van der Waals surface area contributed by atoms with Gasteiger partial charge in [-0.15, -0.1) is 0 Å². The lowest BCUT2D eigenvalue weighted by Crippen LogP contribution is -2.47. The quantitative estimate of drug-likeness (QED) is 0.672. The zero-order chi connectivity index (χ0) is 14.2. The molecule has 3 heteroatoms. The first-order chi connectivity index (χ1) is 9.85. The van der Waals surface area contributed by atoms with Gasteiger partial charge in [-0.1, -0.05) is 32.6 Å². The first kappa shape index (κ1) is 16.3. The van der Waals surface area contributed by atoms with Gasteiger partial charge in [-0.25, -0.2) is 0 Å². The summed E-state index contributed by atoms with van der Waals surface area (Å²) in [6.07, 6.45) is 12.1. The van der Waals surface area contributed by atoms with Gasteiger partial charge >= 0.3 is 0 Å². The van der Waals surface area contributed by atoms with Crippen LogP contribution in [0.5, 0.6) is 0 Å². The molecule has 0 radical (unpaired) electrons. The summed E-state index contributed by atoms with van der Waals surface area (Å²) < 4.78 is 0. The molecule has 20 heavy (non-hydrogen) atoms. The van der Waals surface area contributed by atoms with E-state index < -0.39 is 0 Å². The molecule has 0 heterocycles. The van der Waals surface area contributed by atoms with E-state index in [1.165, 1.54) is 57.9 Å². The monoisotopic (exact) mass is 282 g/mol. The average molecular weight is 282 g/mol. The maximum atomic E-state index is 9.14. The van der Waals surface area contributed by atoms with Crippen LogP contribution in [0.2, 0.25) is 0 Å². The second-order valence-electron chi connectivity index (χ2n) is 6.72. The van der Waals surface area contributed by atoms with E-state index in [2.05, 4.69) is 17.1 Å². The molecule has 2 fully saturated rings. The van der Waals surface area contributed by atoms with Crippen LogP contribution in [0.4, 0.5) is 0 Å². The molecule has 2 atom stereocenters. The summed E-state index contributed by atoms with van der Waals surface area (Å²) in [5.74, 6) is 0.816. The fraction of sp³-hybridized carbons (Fsp3) is 1.00. The maximum Gasteiger partial charge on any atom is 0.0443 e. The highest BCUT2D eigenvalue weighted by Gasteiger charge is 2.30. The summed E-state index contributed by atoms with van der Waals surface area (Å²) in [6.45, 7) is 6.02. The Kier molecular flexibility index (Phi) is 7.32. The van der Waals surface area contributed by atoms with Gasteiger partial charge in [-0.05, 0) is 44.6 Å². The molecule has 2 rings (SSSR count). The van der Waals surface area contributed by atoms with Crippen molar-refractivity contribution in [2.45, 2.75) is 76.8 Å². The van der Waals surface area contributed by atoms with Gasteiger partial charge in [0.2, 0.25) is 0 Å². The van der Waals surface area contributed by atoms with Gasteiger partial charge in [0.25, 0.3) is 0 Å². The number of nitrogens with zero attached hydrogens (tertiary/aromatic N) is 1. The van der Waals surface area contributed by atoms with Gasteiger partial charge in [-0.3, -0.25) is 4.90 Å². The van der Waals surface area contributed by atoms with Crippen molar-refractivity contribution in [3.05, 3.63) is 0 Å². The lowest BCUT2D eigenvalue weighted by atomic mass is 9.88. The second kappa shape index (κ2) is 9.01. The number of hydrogen-bond acceptors (Lipinski definition) is 3. The average Bonchev–Trinajstić information content (AvgIpc) is 2.60. The Morgan fingerprint density at radius 3 is 2.50 bits per heavy atom. The van der Waals surface area contributed by atoms with Crippen LogP contribution in [0.3, 0.4) is 0 Å². The SMILES string of the molecule is CCNC1CCCCCC1CN(CCCO)C1CCC1. The molecule has 0 amide bonds. The van der Waals surface area contributed by atoms with Crippen molar-refractivity contribution in [3.63, 3.8) is 0 Å². The van der Waals surface area contributed by atoms with Crippen LogP contribution in [0, 0.1) is 5.92 Å². The fourth-order valence-corrected chi connectivity index (χ4v) is 3.88. The van der Waals surface area contributed by atoms with Crippen LogP contribution in [0.1, 0.15) is 64.7 Å². The summed E-state index contributed by atoms with van der Waals surface area (Å²) in [6, 6.07) is 1.53. The van der Waals surface area contributed by atoms with Crippen molar-refractivity contribution in [2.24, 2.45) is 5.92 Å². The molecule has 0 aromatic carbocycles. The summed E-state index contributed by atoms with van der Waals surface area (Å²) >= 11 is 0. The molecule has 0 bridgehead atoms. The first-order valence-corrected chi connectivity index (χ1v) is 8.93. The molecule has 0 aromatic heterocycles. The van der Waals surface area contributed by atoms with E-state index in [-0.39, 0.29) is 0 Å². The van der Waals surface area contributed by atoms with E-state index in [1.54, 1.807) is 0 Å². The van der Waals surface area contributed by atoms with Crippen LogP contribution in [0.15, 0.2) is 0 Å². The molecule has 0 saturated heterocycles. The van der Waals surface area contributed by atoms with E-state index in [0.717, 1.165) is 37.5 Å². The molecule has 2 aliphatic rings. The minimum Gasteiger partial charge on any atom is -0.396 e. The van der Waals surface area contributed by atoms with Gasteiger partial charge in [0.05, 0.1) is 0 Å². The minimum atomic E-state index is 0.338. The Balaban J connectivity index is 1.90. The molecule has 2 aliphatic carbocycles. The third-order valence-electron chi connectivity index (χ3n) is 5.29. The number of aliphatic hydroxyl groups is 1. The topological polar surface area (TPSA) is 35.5 Å². The zero-order valence-corrected chi connectivity index (χ0v) is 13.3. The van der Waals surface area contributed by atoms with Crippen LogP contribution < -0.4 is 5.32 Å². The lowest BCUT2D eigenvalue weighted by Gasteiger charge is -2.41. The van der Waals surface area contributed by atoms with Crippen molar-refractivity contribution in [1.29, 1.82) is 0 Å². The molecular formula is C17H34N2O. The number of rotatable bonds is 8. The Hall–Kier alpha value is -0.120. The van der Waals surface area contributed by atoms with Crippen molar-refractivity contribution < 1.29 is 5.11 Å². The van der Waals surface area contributed by atoms with Gasteiger partial charge in [0.15, 0.2) is 0 Å². The summed E-state index contributed by atoms with van der Waals surface area (Å²) in [5.41, 5.74) is 0. The number of nitrogens with one attached hydrogen (secondary N) is 1. The van der Waals surface area contributed by atoms with E-state index in [1.807, 2.05) is 0 Å². The third kappa shape index (κ3) is 4.71. The van der Waals surface area contributed by atoms with Crippen molar-refractivity contribution in [1.82, 2.24) is 10.2 Å². The normalized spacial score (nSPS) is 28.4. The van der Waals surface area contributed by atoms with Gasteiger partial charge < -0.3 is 10.4 Å². The predicted molar refractivity (Wildman–Crippen MR) is 85.0 cm³/mol. The largest absolute Gasteiger partial charge is 0.396 e. The molecule has 2 saturated carbocycles. The fourth-order valence-electron chi connectivity index (χ4n) is 3.88. The van der Waals surface area contributed by atoms with Gasteiger partial charge in [0.1, 0.15) is 0 Å². The van der Waals surface area contributed by atoms with E-state index in [0.29, 0.717) is 6.61 Å². The molecule has 118 valence electrons. The third-order valence-corrected chi connectivity index (χ3v) is 5.29. The summed E-state index contributed by atoms with van der Waals surface area (Å²) in [5, 5.41) is 12.9. The Morgan fingerprint density at radius 2 is 1.85 bits per heavy atom. The number of hydrogen-bond donors (Lipinski definition) is 2. The van der Waals surface area contributed by atoms with Crippen LogP contribution >= 0.6 is 0 Å². The molecule has 3 nitrogen and oxygen atoms in total. The molecular weight excluding hydrogens is 248 g/mol. The Morgan fingerprint density at radius 1 is 1.05 bits per heavy atom. The smallest absolute Gasteiger partial charge is 0.0443 e. The Labute approximate surface area is 125 Å². The lowest BCUT2D eigenvalue weighted by molar-refractivity contribution is 0.0874. The van der Waals surface area contributed by atoms with Crippen LogP contribution in [0.25, 0.3) is 0 Å². The van der Waals surface area contributed by atoms with E-state index in [9.17, 15) is 0 Å². The Bertz CT molecular complexity index is 255. The van der Waals surface area contributed by atoms with E-state index >= 15 is 0 Å². The van der Waals surface area contributed by atoms with Crippen LogP contribution in [-0.4, -0.2) is 48.3 Å². The van der Waals surface area contributed by atoms with Crippen molar-refractivity contribution in [3.8, 4) is 0 Å². The minimum absolute atomic E-state index is 0.338. The molecule has 2 N–H and O–H groups in total. The zero-order valence-electron chi connectivity index (χ0n) is 13.3. The van der Waals surface area contributed by atoms with Gasteiger partial charge in [0, 0.05) is 31.8 Å². The van der Waals surface area contributed by atoms with Gasteiger partial charge in [-0.2, -0.15) is 0 Å².